The molecule has 2 aromatic carbocycles. The summed E-state index contributed by atoms with van der Waals surface area (Å²) >= 11 is 0. The van der Waals surface area contributed by atoms with Crippen molar-refractivity contribution in [3.05, 3.63) is 54.1 Å². The summed E-state index contributed by atoms with van der Waals surface area (Å²) in [6, 6.07) is 14.7. The van der Waals surface area contributed by atoms with E-state index in [1.807, 2.05) is 36.4 Å². The summed E-state index contributed by atoms with van der Waals surface area (Å²) < 4.78 is 0. The van der Waals surface area contributed by atoms with Gasteiger partial charge in [-0.2, -0.15) is 0 Å². The molecular weight excluding hydrogens is 254 g/mol. The van der Waals surface area contributed by atoms with Gasteiger partial charge in [0.05, 0.1) is 11.0 Å². The van der Waals surface area contributed by atoms with Crippen LogP contribution in [0, 0.1) is 0 Å². The summed E-state index contributed by atoms with van der Waals surface area (Å²) in [5, 5.41) is 21.2. The minimum absolute atomic E-state index is 0.299. The van der Waals surface area contributed by atoms with Gasteiger partial charge in [-0.05, 0) is 19.1 Å². The van der Waals surface area contributed by atoms with Crippen LogP contribution in [-0.4, -0.2) is 21.2 Å². The van der Waals surface area contributed by atoms with Crippen molar-refractivity contribution < 1.29 is 15.0 Å². The molecule has 1 atom stereocenters. The number of para-hydroxylation sites is 2. The molecule has 0 fully saturated rings. The number of hydrogen-bond acceptors (Lipinski definition) is 3. The maximum absolute atomic E-state index is 11.3. The van der Waals surface area contributed by atoms with E-state index < -0.39 is 11.6 Å². The van der Waals surface area contributed by atoms with Crippen LogP contribution in [0.15, 0.2) is 48.5 Å². The number of rotatable bonds is 2. The van der Waals surface area contributed by atoms with Crippen LogP contribution in [0.1, 0.15) is 12.5 Å². The molecule has 2 N–H and O–H groups in total. The van der Waals surface area contributed by atoms with Crippen LogP contribution < -0.4 is 0 Å². The Morgan fingerprint density at radius 2 is 1.80 bits per heavy atom. The van der Waals surface area contributed by atoms with E-state index in [4.69, 9.17) is 0 Å². The molecule has 0 aliphatic rings. The van der Waals surface area contributed by atoms with Gasteiger partial charge in [0.1, 0.15) is 0 Å². The Labute approximate surface area is 115 Å². The van der Waals surface area contributed by atoms with Crippen molar-refractivity contribution in [2.75, 3.05) is 0 Å². The lowest BCUT2D eigenvalue weighted by Crippen LogP contribution is -2.32. The van der Waals surface area contributed by atoms with Crippen molar-refractivity contribution in [3.8, 4) is 0 Å². The smallest absolute Gasteiger partial charge is 0.340 e. The zero-order valence-electron chi connectivity index (χ0n) is 10.9. The minimum Gasteiger partial charge on any atom is -0.479 e. The second-order valence-electron chi connectivity index (χ2n) is 4.94. The number of fused-ring (bicyclic) bond motifs is 2. The molecule has 0 spiro atoms. The summed E-state index contributed by atoms with van der Waals surface area (Å²) in [4.78, 5) is 15.8. The summed E-state index contributed by atoms with van der Waals surface area (Å²) in [7, 11) is 0. The van der Waals surface area contributed by atoms with Gasteiger partial charge in [0, 0.05) is 16.3 Å². The van der Waals surface area contributed by atoms with Gasteiger partial charge in [0.25, 0.3) is 0 Å². The van der Waals surface area contributed by atoms with E-state index in [0.717, 1.165) is 16.3 Å². The lowest BCUT2D eigenvalue weighted by Gasteiger charge is -2.20. The van der Waals surface area contributed by atoms with E-state index in [2.05, 4.69) is 4.98 Å². The molecular formula is C16H13NO3. The van der Waals surface area contributed by atoms with Crippen LogP contribution >= 0.6 is 0 Å². The number of aliphatic carboxylic acids is 1. The Hall–Kier alpha value is -2.46. The zero-order valence-corrected chi connectivity index (χ0v) is 10.9. The predicted molar refractivity (Wildman–Crippen MR) is 76.5 cm³/mol. The topological polar surface area (TPSA) is 70.4 Å². The van der Waals surface area contributed by atoms with Crippen molar-refractivity contribution in [3.63, 3.8) is 0 Å². The first kappa shape index (κ1) is 12.6. The Kier molecular flexibility index (Phi) is 2.69. The van der Waals surface area contributed by atoms with Crippen LogP contribution in [0.3, 0.4) is 0 Å². The molecule has 3 rings (SSSR count). The number of carbonyl (C=O) groups is 1. The highest BCUT2D eigenvalue weighted by molar-refractivity contribution is 5.96. The molecule has 0 radical (unpaired) electrons. The summed E-state index contributed by atoms with van der Waals surface area (Å²) in [6.45, 7) is 1.26. The van der Waals surface area contributed by atoms with Gasteiger partial charge in [-0.25, -0.2) is 9.78 Å². The highest BCUT2D eigenvalue weighted by Gasteiger charge is 2.34. The molecule has 0 saturated carbocycles. The summed E-state index contributed by atoms with van der Waals surface area (Å²) in [5.74, 6) is -1.29. The largest absolute Gasteiger partial charge is 0.479 e. The fraction of sp³-hybridized carbons (Fsp3) is 0.125. The lowest BCUT2D eigenvalue weighted by molar-refractivity contribution is -0.157. The Balaban J connectivity index is 2.39. The van der Waals surface area contributed by atoms with E-state index in [9.17, 15) is 15.0 Å². The van der Waals surface area contributed by atoms with E-state index in [1.165, 1.54) is 6.92 Å². The number of aromatic nitrogens is 1. The third kappa shape index (κ3) is 1.82. The lowest BCUT2D eigenvalue weighted by atomic mass is 9.93. The molecule has 4 nitrogen and oxygen atoms in total. The summed E-state index contributed by atoms with van der Waals surface area (Å²) in [5.41, 5.74) is -0.380. The first-order valence-corrected chi connectivity index (χ1v) is 6.25. The SMILES string of the molecule is CC(O)(C(=O)O)c1cccc2cc3ccccc3nc12. The summed E-state index contributed by atoms with van der Waals surface area (Å²) in [6.07, 6.45) is 0. The van der Waals surface area contributed by atoms with Crippen LogP contribution in [0.25, 0.3) is 21.8 Å². The van der Waals surface area contributed by atoms with Crippen molar-refractivity contribution >= 4 is 27.8 Å². The van der Waals surface area contributed by atoms with Gasteiger partial charge >= 0.3 is 5.97 Å². The number of pyridine rings is 1. The second kappa shape index (κ2) is 4.28. The average Bonchev–Trinajstić information content (AvgIpc) is 2.44. The Bertz CT molecular complexity index is 824. The molecule has 0 aliphatic heterocycles. The average molecular weight is 267 g/mol. The maximum atomic E-state index is 11.3. The molecule has 20 heavy (non-hydrogen) atoms. The van der Waals surface area contributed by atoms with Crippen molar-refractivity contribution in [1.29, 1.82) is 0 Å². The van der Waals surface area contributed by atoms with Crippen LogP contribution in [-0.2, 0) is 10.4 Å². The van der Waals surface area contributed by atoms with Gasteiger partial charge < -0.3 is 10.2 Å². The van der Waals surface area contributed by atoms with Crippen LogP contribution in [0.4, 0.5) is 0 Å². The number of nitrogens with zero attached hydrogens (tertiary/aromatic N) is 1. The second-order valence-corrected chi connectivity index (χ2v) is 4.94. The number of carboxylic acid groups (broad SMARTS) is 1. The molecule has 0 bridgehead atoms. The quantitative estimate of drug-likeness (QED) is 0.700. The zero-order chi connectivity index (χ0) is 14.3. The molecule has 1 heterocycles. The van der Waals surface area contributed by atoms with Gasteiger partial charge in [-0.15, -0.1) is 0 Å². The highest BCUT2D eigenvalue weighted by atomic mass is 16.4. The molecule has 1 aromatic heterocycles. The number of hydrogen-bond donors (Lipinski definition) is 2. The Morgan fingerprint density at radius 3 is 2.55 bits per heavy atom. The van der Waals surface area contributed by atoms with Gasteiger partial charge in [-0.1, -0.05) is 36.4 Å². The first-order chi connectivity index (χ1) is 9.50. The van der Waals surface area contributed by atoms with E-state index in [-0.39, 0.29) is 0 Å². The fourth-order valence-electron chi connectivity index (χ4n) is 2.31. The predicted octanol–water partition coefficient (Wildman–Crippen LogP) is 2.68. The third-order valence-corrected chi connectivity index (χ3v) is 3.49. The van der Waals surface area contributed by atoms with E-state index in [0.29, 0.717) is 11.1 Å². The standard InChI is InChI=1S/C16H13NO3/c1-16(20,15(18)19)12-7-4-6-11-9-10-5-2-3-8-13(10)17-14(11)12/h2-9,20H,1H3,(H,18,19). The number of carboxylic acids is 1. The first-order valence-electron chi connectivity index (χ1n) is 6.25. The number of aliphatic hydroxyl groups is 1. The van der Waals surface area contributed by atoms with Crippen molar-refractivity contribution in [2.24, 2.45) is 0 Å². The van der Waals surface area contributed by atoms with Crippen LogP contribution in [0.2, 0.25) is 0 Å². The van der Waals surface area contributed by atoms with Gasteiger partial charge in [0.2, 0.25) is 0 Å². The number of benzene rings is 2. The van der Waals surface area contributed by atoms with E-state index >= 15 is 0 Å². The normalized spacial score (nSPS) is 14.3. The van der Waals surface area contributed by atoms with Crippen LogP contribution in [0.5, 0.6) is 0 Å². The van der Waals surface area contributed by atoms with E-state index in [1.54, 1.807) is 12.1 Å². The monoisotopic (exact) mass is 267 g/mol. The molecule has 100 valence electrons. The minimum atomic E-state index is -1.96. The third-order valence-electron chi connectivity index (χ3n) is 3.49. The molecule has 0 amide bonds. The molecule has 1 unspecified atom stereocenters. The fourth-order valence-corrected chi connectivity index (χ4v) is 2.31. The van der Waals surface area contributed by atoms with Gasteiger partial charge in [-0.3, -0.25) is 0 Å². The molecule has 0 saturated heterocycles. The van der Waals surface area contributed by atoms with Gasteiger partial charge in [0.15, 0.2) is 5.60 Å². The Morgan fingerprint density at radius 1 is 1.10 bits per heavy atom. The van der Waals surface area contributed by atoms with Crippen molar-refractivity contribution in [2.45, 2.75) is 12.5 Å². The molecule has 4 heteroatoms. The maximum Gasteiger partial charge on any atom is 0.340 e. The van der Waals surface area contributed by atoms with Crippen molar-refractivity contribution in [1.82, 2.24) is 4.98 Å². The molecule has 3 aromatic rings. The highest BCUT2D eigenvalue weighted by Crippen LogP contribution is 2.29. The molecule has 0 aliphatic carbocycles.